The number of nitrogens with zero attached hydrogens (tertiary/aromatic N) is 2. The van der Waals surface area contributed by atoms with Crippen molar-refractivity contribution >= 4 is 27.3 Å². The van der Waals surface area contributed by atoms with Crippen LogP contribution in [0.1, 0.15) is 107 Å². The van der Waals surface area contributed by atoms with Crippen molar-refractivity contribution in [3.8, 4) is 10.4 Å². The Morgan fingerprint density at radius 2 is 1.80 bits per heavy atom. The Bertz CT molecular complexity index is 1320. The van der Waals surface area contributed by atoms with Crippen molar-refractivity contribution in [2.75, 3.05) is 26.3 Å². The fraction of sp³-hybridized carbons (Fsp3) is 0.688. The largest absolute Gasteiger partial charge is 0.381 e. The number of thiazole rings is 1. The molecule has 3 fully saturated rings. The number of carbonyl (C=O) groups is 1. The molecule has 2 aromatic rings. The standard InChI is InChI=1S/C32H47N3O4S2/c1-22-9-8-16-35(21-22)41(37,38)28-13-12-24(20-26(28)32(2,3)4)29-27(19-23-10-6-5-7-11-23)34-31(40-29)30(36)33-25-14-17-39-18-15-25/h12-13,20,22-23,25H,5-11,14-19,21H2,1-4H3,(H,33,36). The lowest BCUT2D eigenvalue weighted by Crippen LogP contribution is -2.39. The molecule has 0 bridgehead atoms. The van der Waals surface area contributed by atoms with Gasteiger partial charge in [-0.2, -0.15) is 4.31 Å². The molecule has 226 valence electrons. The number of benzene rings is 1. The summed E-state index contributed by atoms with van der Waals surface area (Å²) in [5.41, 5.74) is 2.37. The maximum atomic E-state index is 13.9. The van der Waals surface area contributed by atoms with Crippen molar-refractivity contribution < 1.29 is 17.9 Å². The minimum atomic E-state index is -3.62. The van der Waals surface area contributed by atoms with Gasteiger partial charge < -0.3 is 10.1 Å². The van der Waals surface area contributed by atoms with E-state index in [1.807, 2.05) is 6.07 Å². The average Bonchev–Trinajstić information content (AvgIpc) is 3.37. The minimum Gasteiger partial charge on any atom is -0.381 e. The summed E-state index contributed by atoms with van der Waals surface area (Å²) in [6.07, 6.45) is 10.6. The highest BCUT2D eigenvalue weighted by Gasteiger charge is 2.34. The number of hydrogen-bond donors (Lipinski definition) is 1. The molecule has 1 saturated carbocycles. The second-order valence-corrected chi connectivity index (χ2v) is 16.3. The van der Waals surface area contributed by atoms with Crippen molar-refractivity contribution in [1.82, 2.24) is 14.6 Å². The van der Waals surface area contributed by atoms with Crippen LogP contribution in [0, 0.1) is 11.8 Å². The van der Waals surface area contributed by atoms with E-state index in [4.69, 9.17) is 9.72 Å². The van der Waals surface area contributed by atoms with Gasteiger partial charge in [-0.3, -0.25) is 4.79 Å². The van der Waals surface area contributed by atoms with E-state index in [2.05, 4.69) is 39.1 Å². The summed E-state index contributed by atoms with van der Waals surface area (Å²) in [7, 11) is -3.62. The molecule has 5 rings (SSSR count). The van der Waals surface area contributed by atoms with Crippen LogP contribution in [0.25, 0.3) is 10.4 Å². The lowest BCUT2D eigenvalue weighted by atomic mass is 9.84. The molecular weight excluding hydrogens is 555 g/mol. The Morgan fingerprint density at radius 3 is 2.49 bits per heavy atom. The van der Waals surface area contributed by atoms with E-state index < -0.39 is 10.0 Å². The third kappa shape index (κ3) is 7.23. The quantitative estimate of drug-likeness (QED) is 0.388. The molecule has 1 N–H and O–H groups in total. The van der Waals surface area contributed by atoms with Crippen LogP contribution in [-0.2, 0) is 26.6 Å². The van der Waals surface area contributed by atoms with E-state index in [0.717, 1.165) is 53.8 Å². The van der Waals surface area contributed by atoms with Crippen molar-refractivity contribution in [1.29, 1.82) is 0 Å². The first-order chi connectivity index (χ1) is 19.5. The fourth-order valence-electron chi connectivity index (χ4n) is 6.55. The molecule has 1 aliphatic carbocycles. The van der Waals surface area contributed by atoms with Gasteiger partial charge in [-0.1, -0.05) is 65.9 Å². The molecule has 1 aromatic heterocycles. The van der Waals surface area contributed by atoms with Gasteiger partial charge in [-0.25, -0.2) is 13.4 Å². The van der Waals surface area contributed by atoms with Gasteiger partial charge >= 0.3 is 0 Å². The van der Waals surface area contributed by atoms with Crippen molar-refractivity contribution in [2.24, 2.45) is 11.8 Å². The number of amides is 1. The smallest absolute Gasteiger partial charge is 0.280 e. The summed E-state index contributed by atoms with van der Waals surface area (Å²) in [4.78, 5) is 19.7. The van der Waals surface area contributed by atoms with Crippen LogP contribution in [0.4, 0.5) is 0 Å². The van der Waals surface area contributed by atoms with E-state index in [1.54, 1.807) is 10.4 Å². The second-order valence-electron chi connectivity index (χ2n) is 13.4. The topological polar surface area (TPSA) is 88.6 Å². The lowest BCUT2D eigenvalue weighted by Gasteiger charge is -2.32. The number of carbonyl (C=O) groups excluding carboxylic acids is 1. The molecular formula is C32H47N3O4S2. The van der Waals surface area contributed by atoms with Gasteiger partial charge in [0.05, 0.1) is 15.5 Å². The normalized spacial score (nSPS) is 22.1. The van der Waals surface area contributed by atoms with E-state index in [0.29, 0.717) is 48.0 Å². The van der Waals surface area contributed by atoms with Crippen molar-refractivity contribution in [3.63, 3.8) is 0 Å². The Labute approximate surface area is 250 Å². The molecule has 0 radical (unpaired) electrons. The third-order valence-electron chi connectivity index (χ3n) is 8.94. The highest BCUT2D eigenvalue weighted by Crippen LogP contribution is 2.40. The molecule has 1 aromatic carbocycles. The van der Waals surface area contributed by atoms with Gasteiger partial charge in [0.25, 0.3) is 5.91 Å². The summed E-state index contributed by atoms with van der Waals surface area (Å²) in [6.45, 7) is 10.8. The molecule has 7 nitrogen and oxygen atoms in total. The maximum absolute atomic E-state index is 13.9. The average molecular weight is 602 g/mol. The SMILES string of the molecule is CC1CCCN(S(=O)(=O)c2ccc(-c3sc(C(=O)NC4CCOCC4)nc3CC3CCCCC3)cc2C(C)(C)C)C1. The Kier molecular flexibility index (Phi) is 9.58. The Morgan fingerprint density at radius 1 is 1.07 bits per heavy atom. The number of piperidine rings is 1. The van der Waals surface area contributed by atoms with Gasteiger partial charge in [-0.15, -0.1) is 11.3 Å². The first-order valence-corrected chi connectivity index (χ1v) is 17.8. The third-order valence-corrected chi connectivity index (χ3v) is 12.0. The molecule has 2 saturated heterocycles. The number of ether oxygens (including phenoxy) is 1. The zero-order chi connectivity index (χ0) is 29.2. The van der Waals surface area contributed by atoms with Gasteiger partial charge in [-0.05, 0) is 72.6 Å². The summed E-state index contributed by atoms with van der Waals surface area (Å²) in [5.74, 6) is 0.812. The number of aromatic nitrogens is 1. The van der Waals surface area contributed by atoms with Crippen molar-refractivity contribution in [3.05, 3.63) is 34.5 Å². The van der Waals surface area contributed by atoms with E-state index in [-0.39, 0.29) is 17.4 Å². The molecule has 41 heavy (non-hydrogen) atoms. The lowest BCUT2D eigenvalue weighted by molar-refractivity contribution is 0.0696. The van der Waals surface area contributed by atoms with Crippen LogP contribution in [0.15, 0.2) is 23.1 Å². The molecule has 1 atom stereocenters. The monoisotopic (exact) mass is 601 g/mol. The Hall–Kier alpha value is -1.81. The summed E-state index contributed by atoms with van der Waals surface area (Å²) < 4.78 is 35.0. The van der Waals surface area contributed by atoms with Crippen LogP contribution in [0.3, 0.4) is 0 Å². The van der Waals surface area contributed by atoms with Gasteiger partial charge in [0.2, 0.25) is 10.0 Å². The van der Waals surface area contributed by atoms with Crippen LogP contribution in [0.2, 0.25) is 0 Å². The van der Waals surface area contributed by atoms with Crippen LogP contribution in [0.5, 0.6) is 0 Å². The molecule has 3 heterocycles. The molecule has 3 aliphatic rings. The summed E-state index contributed by atoms with van der Waals surface area (Å²) >= 11 is 1.44. The molecule has 9 heteroatoms. The van der Waals surface area contributed by atoms with Crippen LogP contribution < -0.4 is 5.32 Å². The molecule has 2 aliphatic heterocycles. The molecule has 0 spiro atoms. The molecule has 1 amide bonds. The zero-order valence-corrected chi connectivity index (χ0v) is 26.8. The van der Waals surface area contributed by atoms with Gasteiger partial charge in [0.1, 0.15) is 0 Å². The van der Waals surface area contributed by atoms with Gasteiger partial charge in [0, 0.05) is 32.3 Å². The van der Waals surface area contributed by atoms with Crippen molar-refractivity contribution in [2.45, 2.75) is 108 Å². The highest BCUT2D eigenvalue weighted by molar-refractivity contribution is 7.89. The Balaban J connectivity index is 1.51. The number of hydrogen-bond acceptors (Lipinski definition) is 6. The number of rotatable bonds is 7. The minimum absolute atomic E-state index is 0.111. The van der Waals surface area contributed by atoms with E-state index >= 15 is 0 Å². The first kappa shape index (κ1) is 30.6. The maximum Gasteiger partial charge on any atom is 0.280 e. The predicted octanol–water partition coefficient (Wildman–Crippen LogP) is 6.56. The van der Waals surface area contributed by atoms with Crippen LogP contribution >= 0.6 is 11.3 Å². The number of nitrogens with one attached hydrogen (secondary N) is 1. The predicted molar refractivity (Wildman–Crippen MR) is 165 cm³/mol. The zero-order valence-electron chi connectivity index (χ0n) is 25.2. The summed E-state index contributed by atoms with van der Waals surface area (Å²) in [5, 5.41) is 3.67. The highest BCUT2D eigenvalue weighted by atomic mass is 32.2. The van der Waals surface area contributed by atoms with Gasteiger partial charge in [0.15, 0.2) is 5.01 Å². The summed E-state index contributed by atoms with van der Waals surface area (Å²) in [6, 6.07) is 5.90. The second kappa shape index (κ2) is 12.8. The molecule has 1 unspecified atom stereocenters. The van der Waals surface area contributed by atoms with E-state index in [9.17, 15) is 13.2 Å². The first-order valence-electron chi connectivity index (χ1n) is 15.6. The number of sulfonamides is 1. The van der Waals surface area contributed by atoms with E-state index in [1.165, 1.54) is 43.4 Å². The fourth-order valence-corrected chi connectivity index (χ4v) is 9.53. The van der Waals surface area contributed by atoms with Crippen LogP contribution in [-0.4, -0.2) is 56.0 Å².